The maximum absolute atomic E-state index is 12.2. The molecule has 2 N–H and O–H groups in total. The van der Waals surface area contributed by atoms with E-state index in [0.29, 0.717) is 4.34 Å². The fourth-order valence-electron chi connectivity index (χ4n) is 1.87. The third kappa shape index (κ3) is 6.28. The van der Waals surface area contributed by atoms with Crippen LogP contribution < -0.4 is 10.6 Å². The Morgan fingerprint density at radius 3 is 2.75 bits per heavy atom. The molecule has 0 aliphatic carbocycles. The number of aromatic nitrogens is 2. The topological polar surface area (TPSA) is 153 Å². The fraction of sp³-hybridized carbons (Fsp3) is 0.267. The van der Waals surface area contributed by atoms with Crippen molar-refractivity contribution in [3.05, 3.63) is 39.9 Å². The number of para-hydroxylation sites is 1. The lowest BCUT2D eigenvalue weighted by Gasteiger charge is -2.03. The van der Waals surface area contributed by atoms with Gasteiger partial charge in [0.05, 0.1) is 17.3 Å². The number of carbonyl (C=O) groups excluding carboxylic acids is 3. The molecule has 28 heavy (non-hydrogen) atoms. The quantitative estimate of drug-likeness (QED) is 0.200. The van der Waals surface area contributed by atoms with Gasteiger partial charge in [-0.25, -0.2) is 0 Å². The lowest BCUT2D eigenvalue weighted by atomic mass is 10.1. The summed E-state index contributed by atoms with van der Waals surface area (Å²) < 4.78 is 5.10. The van der Waals surface area contributed by atoms with Gasteiger partial charge in [0.2, 0.25) is 11.0 Å². The summed E-state index contributed by atoms with van der Waals surface area (Å²) in [6.07, 6.45) is 0. The molecule has 0 saturated carbocycles. The Labute approximate surface area is 167 Å². The molecule has 11 nitrogen and oxygen atoms in total. The van der Waals surface area contributed by atoms with Crippen LogP contribution in [0.5, 0.6) is 0 Å². The van der Waals surface area contributed by atoms with Gasteiger partial charge in [0.1, 0.15) is 12.1 Å². The first kappa shape index (κ1) is 21.2. The molecule has 0 atom stereocenters. The van der Waals surface area contributed by atoms with Crippen LogP contribution in [-0.2, 0) is 14.3 Å². The molecule has 0 spiro atoms. The molecule has 0 unspecified atom stereocenters. The van der Waals surface area contributed by atoms with Crippen molar-refractivity contribution >= 4 is 51.7 Å². The van der Waals surface area contributed by atoms with E-state index >= 15 is 0 Å². The van der Waals surface area contributed by atoms with Gasteiger partial charge in [-0.2, -0.15) is 0 Å². The number of anilines is 1. The number of nitrogens with zero attached hydrogens (tertiary/aromatic N) is 3. The summed E-state index contributed by atoms with van der Waals surface area (Å²) in [4.78, 5) is 45.4. The van der Waals surface area contributed by atoms with E-state index < -0.39 is 22.7 Å². The average Bonchev–Trinajstić information content (AvgIpc) is 3.12. The third-order valence-corrected chi connectivity index (χ3v) is 5.01. The molecule has 2 rings (SSSR count). The Hall–Kier alpha value is -3.06. The number of benzene rings is 1. The molecule has 1 heterocycles. The molecule has 2 aromatic rings. The lowest BCUT2D eigenvalue weighted by Crippen LogP contribution is -2.31. The third-order valence-electron chi connectivity index (χ3n) is 3.03. The number of thioether (sulfide) groups is 1. The summed E-state index contributed by atoms with van der Waals surface area (Å²) in [6, 6.07) is 5.53. The zero-order valence-corrected chi connectivity index (χ0v) is 16.2. The smallest absolute Gasteiger partial charge is 0.325 e. The molecular formula is C15H15N5O6S2. The van der Waals surface area contributed by atoms with Crippen LogP contribution in [0.1, 0.15) is 17.3 Å². The number of nitro groups is 1. The van der Waals surface area contributed by atoms with Crippen molar-refractivity contribution in [2.45, 2.75) is 11.3 Å². The van der Waals surface area contributed by atoms with Crippen molar-refractivity contribution in [2.75, 3.05) is 24.2 Å². The highest BCUT2D eigenvalue weighted by Crippen LogP contribution is 2.26. The molecule has 0 aliphatic rings. The molecule has 1 aromatic heterocycles. The van der Waals surface area contributed by atoms with E-state index in [9.17, 15) is 24.5 Å². The van der Waals surface area contributed by atoms with Crippen molar-refractivity contribution < 1.29 is 24.0 Å². The first-order valence-electron chi connectivity index (χ1n) is 7.84. The second-order valence-electron chi connectivity index (χ2n) is 4.97. The van der Waals surface area contributed by atoms with E-state index in [-0.39, 0.29) is 35.3 Å². The Morgan fingerprint density at radius 2 is 2.04 bits per heavy atom. The Bertz CT molecular complexity index is 887. The lowest BCUT2D eigenvalue weighted by molar-refractivity contribution is -0.385. The minimum Gasteiger partial charge on any atom is -0.465 e. The normalized spacial score (nSPS) is 10.2. The Kier molecular flexibility index (Phi) is 7.83. The number of nitro benzene ring substituents is 1. The number of carbonyl (C=O) groups is 3. The van der Waals surface area contributed by atoms with E-state index in [4.69, 9.17) is 4.74 Å². The maximum atomic E-state index is 12.2. The van der Waals surface area contributed by atoms with E-state index in [0.717, 1.165) is 23.1 Å². The number of nitrogens with one attached hydrogen (secondary N) is 2. The highest BCUT2D eigenvalue weighted by Gasteiger charge is 2.20. The molecule has 148 valence electrons. The minimum absolute atomic E-state index is 0.00780. The number of ether oxygens (including phenoxy) is 1. The van der Waals surface area contributed by atoms with Crippen molar-refractivity contribution in [2.24, 2.45) is 0 Å². The zero-order chi connectivity index (χ0) is 20.5. The number of hydrogen-bond acceptors (Lipinski definition) is 10. The van der Waals surface area contributed by atoms with Crippen LogP contribution in [0.15, 0.2) is 28.6 Å². The number of esters is 1. The molecular weight excluding hydrogens is 410 g/mol. The van der Waals surface area contributed by atoms with E-state index in [1.54, 1.807) is 6.92 Å². The van der Waals surface area contributed by atoms with Crippen LogP contribution in [0.25, 0.3) is 0 Å². The maximum Gasteiger partial charge on any atom is 0.325 e. The van der Waals surface area contributed by atoms with Crippen LogP contribution in [0.3, 0.4) is 0 Å². The number of hydrogen-bond donors (Lipinski definition) is 2. The largest absolute Gasteiger partial charge is 0.465 e. The van der Waals surface area contributed by atoms with Gasteiger partial charge in [0, 0.05) is 6.07 Å². The Balaban J connectivity index is 1.87. The zero-order valence-electron chi connectivity index (χ0n) is 14.5. The molecule has 13 heteroatoms. The molecule has 2 amide bonds. The second-order valence-corrected chi connectivity index (χ2v) is 7.17. The molecule has 0 bridgehead atoms. The summed E-state index contributed by atoms with van der Waals surface area (Å²) in [7, 11) is 0. The van der Waals surface area contributed by atoms with Gasteiger partial charge in [-0.1, -0.05) is 35.2 Å². The fourth-order valence-corrected chi connectivity index (χ4v) is 3.45. The minimum atomic E-state index is -0.688. The first-order valence-corrected chi connectivity index (χ1v) is 9.64. The summed E-state index contributed by atoms with van der Waals surface area (Å²) >= 11 is 2.08. The average molecular weight is 425 g/mol. The standard InChI is InChI=1S/C15H15N5O6S2/c1-2-26-12(22)7-16-11(21)8-27-15-19-18-14(28-15)17-13(23)9-5-3-4-6-10(9)20(24)25/h3-6H,2,7-8H2,1H3,(H,16,21)(H,17,18,23). The van der Waals surface area contributed by atoms with Crippen molar-refractivity contribution in [1.29, 1.82) is 0 Å². The van der Waals surface area contributed by atoms with E-state index in [1.165, 1.54) is 24.3 Å². The molecule has 0 fully saturated rings. The summed E-state index contributed by atoms with van der Waals surface area (Å²) in [5.74, 6) is -1.62. The van der Waals surface area contributed by atoms with Gasteiger partial charge >= 0.3 is 5.97 Å². The predicted molar refractivity (Wildman–Crippen MR) is 101 cm³/mol. The highest BCUT2D eigenvalue weighted by atomic mass is 32.2. The molecule has 0 saturated heterocycles. The van der Waals surface area contributed by atoms with Crippen molar-refractivity contribution in [3.8, 4) is 0 Å². The van der Waals surface area contributed by atoms with Crippen LogP contribution in [0.2, 0.25) is 0 Å². The molecule has 1 aromatic carbocycles. The van der Waals surface area contributed by atoms with Crippen LogP contribution in [0, 0.1) is 10.1 Å². The monoisotopic (exact) mass is 425 g/mol. The van der Waals surface area contributed by atoms with Crippen molar-refractivity contribution in [3.63, 3.8) is 0 Å². The van der Waals surface area contributed by atoms with Crippen LogP contribution in [0.4, 0.5) is 10.8 Å². The van der Waals surface area contributed by atoms with Crippen LogP contribution in [-0.4, -0.2) is 51.8 Å². The molecule has 0 aliphatic heterocycles. The predicted octanol–water partition coefficient (Wildman–Crippen LogP) is 1.47. The molecule has 0 radical (unpaired) electrons. The SMILES string of the molecule is CCOC(=O)CNC(=O)CSc1nnc(NC(=O)c2ccccc2[N+](=O)[O-])s1. The summed E-state index contributed by atoms with van der Waals surface area (Å²) in [5.41, 5.74) is -0.423. The van der Waals surface area contributed by atoms with Gasteiger partial charge in [0.25, 0.3) is 11.6 Å². The van der Waals surface area contributed by atoms with Gasteiger partial charge in [-0.05, 0) is 13.0 Å². The van der Waals surface area contributed by atoms with Gasteiger partial charge in [0.15, 0.2) is 4.34 Å². The highest BCUT2D eigenvalue weighted by molar-refractivity contribution is 8.01. The van der Waals surface area contributed by atoms with E-state index in [1.807, 2.05) is 0 Å². The number of amides is 2. The Morgan fingerprint density at radius 1 is 1.29 bits per heavy atom. The van der Waals surface area contributed by atoms with E-state index in [2.05, 4.69) is 20.8 Å². The van der Waals surface area contributed by atoms with Crippen molar-refractivity contribution in [1.82, 2.24) is 15.5 Å². The summed E-state index contributed by atoms with van der Waals surface area (Å²) in [5, 5.41) is 23.6. The van der Waals surface area contributed by atoms with Gasteiger partial charge in [-0.15, -0.1) is 10.2 Å². The van der Waals surface area contributed by atoms with Gasteiger partial charge < -0.3 is 10.1 Å². The summed E-state index contributed by atoms with van der Waals surface area (Å²) in [6.45, 7) is 1.67. The second kappa shape index (κ2) is 10.3. The van der Waals surface area contributed by atoms with Gasteiger partial charge in [-0.3, -0.25) is 29.8 Å². The van der Waals surface area contributed by atoms with Crippen LogP contribution >= 0.6 is 23.1 Å². The number of rotatable bonds is 9. The first-order chi connectivity index (χ1) is 13.4.